The molecule has 0 radical (unpaired) electrons. The minimum atomic E-state index is -0.346. The zero-order chi connectivity index (χ0) is 27.1. The second-order valence-corrected chi connectivity index (χ2v) is 10.2. The Bertz CT molecular complexity index is 1170. The van der Waals surface area contributed by atoms with Crippen LogP contribution in [0, 0.1) is 13.8 Å². The Morgan fingerprint density at radius 2 is 1.84 bits per heavy atom. The number of fused-ring (bicyclic) bond motifs is 1. The summed E-state index contributed by atoms with van der Waals surface area (Å²) in [7, 11) is 1.50. The Labute approximate surface area is 224 Å². The quantitative estimate of drug-likeness (QED) is 0.569. The van der Waals surface area contributed by atoms with Gasteiger partial charge in [-0.1, -0.05) is 17.7 Å². The number of aromatic nitrogens is 2. The van der Waals surface area contributed by atoms with Crippen molar-refractivity contribution in [3.8, 4) is 0 Å². The molecule has 37 heavy (non-hydrogen) atoms. The van der Waals surface area contributed by atoms with E-state index in [1.54, 1.807) is 24.0 Å². The highest BCUT2D eigenvalue weighted by atomic mass is 35.5. The number of aryl methyl sites for hydroxylation is 2. The molecule has 0 atom stereocenters. The molecule has 0 N–H and O–H groups in total. The molecule has 1 aliphatic heterocycles. The lowest BCUT2D eigenvalue weighted by molar-refractivity contribution is -0.132. The Kier molecular flexibility index (Phi) is 10.3. The van der Waals surface area contributed by atoms with Crippen molar-refractivity contribution in [2.24, 2.45) is 0 Å². The lowest BCUT2D eigenvalue weighted by atomic mass is 10.1. The lowest BCUT2D eigenvalue weighted by Gasteiger charge is -2.30. The third-order valence-electron chi connectivity index (χ3n) is 6.73. The van der Waals surface area contributed by atoms with Gasteiger partial charge < -0.3 is 14.5 Å². The Morgan fingerprint density at radius 3 is 2.51 bits per heavy atom. The molecule has 1 aromatic heterocycles. The molecule has 0 fully saturated rings. The van der Waals surface area contributed by atoms with Crippen LogP contribution in [0.2, 0.25) is 5.02 Å². The molecular formula is C27H38ClN5O4. The number of ether oxygens (including phenoxy) is 1. The van der Waals surface area contributed by atoms with E-state index in [0.717, 1.165) is 24.2 Å². The first kappa shape index (κ1) is 28.8. The maximum absolute atomic E-state index is 13.5. The van der Waals surface area contributed by atoms with Crippen LogP contribution in [0.4, 0.5) is 5.69 Å². The summed E-state index contributed by atoms with van der Waals surface area (Å²) < 4.78 is 6.68. The summed E-state index contributed by atoms with van der Waals surface area (Å²) in [6.07, 6.45) is 0.943. The van der Waals surface area contributed by atoms with E-state index in [1.165, 1.54) is 11.7 Å². The van der Waals surface area contributed by atoms with Gasteiger partial charge in [0.25, 0.3) is 5.91 Å². The van der Waals surface area contributed by atoms with Crippen LogP contribution in [0.15, 0.2) is 29.1 Å². The SMILES string of the molecule is COCC(=O)N1CCCN(C(C)C)CCN(C(=O)CCn2c(C)cc(C)nc2=O)Cc2ccc(Cl)cc21. The van der Waals surface area contributed by atoms with E-state index in [4.69, 9.17) is 16.3 Å². The predicted octanol–water partition coefficient (Wildman–Crippen LogP) is 3.03. The third kappa shape index (κ3) is 7.63. The van der Waals surface area contributed by atoms with E-state index in [-0.39, 0.29) is 43.1 Å². The van der Waals surface area contributed by atoms with Gasteiger partial charge >= 0.3 is 5.69 Å². The van der Waals surface area contributed by atoms with E-state index >= 15 is 0 Å². The van der Waals surface area contributed by atoms with Crippen molar-refractivity contribution in [1.82, 2.24) is 19.4 Å². The van der Waals surface area contributed by atoms with E-state index in [0.29, 0.717) is 42.6 Å². The molecule has 0 bridgehead atoms. The lowest BCUT2D eigenvalue weighted by Crippen LogP contribution is -2.42. The highest BCUT2D eigenvalue weighted by Crippen LogP contribution is 2.28. The zero-order valence-corrected chi connectivity index (χ0v) is 23.3. The van der Waals surface area contributed by atoms with E-state index in [9.17, 15) is 14.4 Å². The smallest absolute Gasteiger partial charge is 0.347 e. The fraction of sp³-hybridized carbons (Fsp3) is 0.556. The fourth-order valence-electron chi connectivity index (χ4n) is 4.72. The van der Waals surface area contributed by atoms with Gasteiger partial charge in [-0.25, -0.2) is 4.79 Å². The molecule has 0 spiro atoms. The number of carbonyl (C=O) groups excluding carboxylic acids is 2. The molecular weight excluding hydrogens is 494 g/mol. The van der Waals surface area contributed by atoms with Crippen molar-refractivity contribution < 1.29 is 14.3 Å². The molecule has 0 saturated heterocycles. The fourth-order valence-corrected chi connectivity index (χ4v) is 4.89. The van der Waals surface area contributed by atoms with Gasteiger partial charge in [0.05, 0.1) is 5.69 Å². The largest absolute Gasteiger partial charge is 0.375 e. The van der Waals surface area contributed by atoms with Gasteiger partial charge in [0.15, 0.2) is 0 Å². The zero-order valence-electron chi connectivity index (χ0n) is 22.5. The van der Waals surface area contributed by atoms with Gasteiger partial charge in [0, 0.05) is 75.3 Å². The number of amides is 2. The van der Waals surface area contributed by atoms with Crippen molar-refractivity contribution in [2.45, 2.75) is 59.7 Å². The average molecular weight is 532 g/mol. The summed E-state index contributed by atoms with van der Waals surface area (Å²) in [5.41, 5.74) is 2.63. The van der Waals surface area contributed by atoms with Gasteiger partial charge in [0.2, 0.25) is 5.91 Å². The minimum absolute atomic E-state index is 0.0405. The molecule has 0 saturated carbocycles. The van der Waals surface area contributed by atoms with Crippen molar-refractivity contribution in [1.29, 1.82) is 0 Å². The molecule has 1 aromatic carbocycles. The van der Waals surface area contributed by atoms with Crippen molar-refractivity contribution in [3.05, 3.63) is 56.7 Å². The van der Waals surface area contributed by atoms with Crippen LogP contribution in [-0.2, 0) is 27.4 Å². The van der Waals surface area contributed by atoms with Gasteiger partial charge in [-0.3, -0.25) is 19.1 Å². The molecule has 0 aliphatic carbocycles. The van der Waals surface area contributed by atoms with Crippen LogP contribution in [0.5, 0.6) is 0 Å². The maximum atomic E-state index is 13.5. The second-order valence-electron chi connectivity index (χ2n) is 9.77. The minimum Gasteiger partial charge on any atom is -0.375 e. The average Bonchev–Trinajstić information content (AvgIpc) is 2.86. The van der Waals surface area contributed by atoms with Crippen LogP contribution in [-0.4, -0.2) is 77.1 Å². The van der Waals surface area contributed by atoms with Gasteiger partial charge in [-0.05, 0) is 57.9 Å². The number of anilines is 1. The Balaban J connectivity index is 1.93. The van der Waals surface area contributed by atoms with E-state index < -0.39 is 0 Å². The molecule has 2 heterocycles. The number of nitrogens with zero attached hydrogens (tertiary/aromatic N) is 5. The van der Waals surface area contributed by atoms with Crippen LogP contribution in [0.3, 0.4) is 0 Å². The number of rotatable bonds is 6. The highest BCUT2D eigenvalue weighted by molar-refractivity contribution is 6.31. The second kappa shape index (κ2) is 13.2. The molecule has 9 nitrogen and oxygen atoms in total. The number of halogens is 1. The first-order chi connectivity index (χ1) is 17.6. The summed E-state index contributed by atoms with van der Waals surface area (Å²) in [6, 6.07) is 7.57. The normalized spacial score (nSPS) is 15.4. The molecule has 3 rings (SSSR count). The number of hydrogen-bond acceptors (Lipinski definition) is 6. The summed E-state index contributed by atoms with van der Waals surface area (Å²) in [4.78, 5) is 48.8. The molecule has 2 aromatic rings. The summed E-state index contributed by atoms with van der Waals surface area (Å²) in [5, 5.41) is 0.521. The highest BCUT2D eigenvalue weighted by Gasteiger charge is 2.24. The van der Waals surface area contributed by atoms with Crippen LogP contribution in [0.1, 0.15) is 43.6 Å². The van der Waals surface area contributed by atoms with Crippen LogP contribution >= 0.6 is 11.6 Å². The maximum Gasteiger partial charge on any atom is 0.347 e. The molecule has 10 heteroatoms. The van der Waals surface area contributed by atoms with E-state index in [1.807, 2.05) is 24.0 Å². The summed E-state index contributed by atoms with van der Waals surface area (Å²) in [6.45, 7) is 11.0. The topological polar surface area (TPSA) is 88.0 Å². The Hall–Kier alpha value is -2.75. The molecule has 202 valence electrons. The summed E-state index contributed by atoms with van der Waals surface area (Å²) >= 11 is 6.35. The monoisotopic (exact) mass is 531 g/mol. The van der Waals surface area contributed by atoms with Crippen LogP contribution < -0.4 is 10.6 Å². The van der Waals surface area contributed by atoms with Crippen LogP contribution in [0.25, 0.3) is 0 Å². The molecule has 0 unspecified atom stereocenters. The Morgan fingerprint density at radius 1 is 1.08 bits per heavy atom. The predicted molar refractivity (Wildman–Crippen MR) is 145 cm³/mol. The first-order valence-corrected chi connectivity index (χ1v) is 13.1. The van der Waals surface area contributed by atoms with Gasteiger partial charge in [-0.15, -0.1) is 0 Å². The number of hydrogen-bond donors (Lipinski definition) is 0. The first-order valence-electron chi connectivity index (χ1n) is 12.7. The van der Waals surface area contributed by atoms with Crippen molar-refractivity contribution in [3.63, 3.8) is 0 Å². The standard InChI is InChI=1S/C27H38ClN5O4/c1-19(2)30-10-6-11-33(26(35)18-37-5)24-16-23(28)8-7-22(24)17-31(14-13-30)25(34)9-12-32-21(4)15-20(3)29-27(32)36/h7-8,15-16,19H,6,9-14,17-18H2,1-5H3. The summed E-state index contributed by atoms with van der Waals surface area (Å²) in [5.74, 6) is -0.216. The van der Waals surface area contributed by atoms with Crippen molar-refractivity contribution in [2.75, 3.05) is 44.8 Å². The number of carbonyl (C=O) groups is 2. The van der Waals surface area contributed by atoms with E-state index in [2.05, 4.69) is 23.7 Å². The van der Waals surface area contributed by atoms with Gasteiger partial charge in [0.1, 0.15) is 6.61 Å². The molecule has 1 aliphatic rings. The number of methoxy groups -OCH3 is 1. The third-order valence-corrected chi connectivity index (χ3v) is 6.97. The molecule has 2 amide bonds. The number of benzene rings is 1. The van der Waals surface area contributed by atoms with Crippen molar-refractivity contribution >= 4 is 29.1 Å². The van der Waals surface area contributed by atoms with Gasteiger partial charge in [-0.2, -0.15) is 4.98 Å².